The van der Waals surface area contributed by atoms with Crippen LogP contribution in [0, 0.1) is 6.92 Å². The summed E-state index contributed by atoms with van der Waals surface area (Å²) in [5.74, 6) is 0.612. The van der Waals surface area contributed by atoms with Crippen molar-refractivity contribution in [3.05, 3.63) is 64.8 Å². The molecule has 0 bridgehead atoms. The Bertz CT molecular complexity index is 857. The van der Waals surface area contributed by atoms with Gasteiger partial charge in [-0.15, -0.1) is 0 Å². The maximum Gasteiger partial charge on any atom is 0.224 e. The van der Waals surface area contributed by atoms with E-state index >= 15 is 0 Å². The minimum Gasteiger partial charge on any atom is -0.490 e. The van der Waals surface area contributed by atoms with E-state index in [2.05, 4.69) is 10.3 Å². The van der Waals surface area contributed by atoms with Gasteiger partial charge >= 0.3 is 0 Å². The van der Waals surface area contributed by atoms with Crippen LogP contribution in [0.25, 0.3) is 10.9 Å². The number of benzene rings is 2. The van der Waals surface area contributed by atoms with Gasteiger partial charge in [0.2, 0.25) is 5.91 Å². The highest BCUT2D eigenvalue weighted by Gasteiger charge is 2.08. The number of rotatable bonds is 6. The standard InChI is InChI=1S/C19H19ClN2O2/c1-13-6-7-16(20)18(10-13)24-9-8-21-19(23)11-14-12-22-17-5-3-2-4-15(14)17/h2-7,10,12,22H,8-9,11H2,1H3,(H,21,23). The van der Waals surface area contributed by atoms with Crippen LogP contribution < -0.4 is 10.1 Å². The molecule has 0 saturated heterocycles. The number of halogens is 1. The van der Waals surface area contributed by atoms with Crippen LogP contribution in [-0.2, 0) is 11.2 Å². The van der Waals surface area contributed by atoms with Crippen LogP contribution in [0.15, 0.2) is 48.7 Å². The molecule has 0 aliphatic carbocycles. The van der Waals surface area contributed by atoms with Gasteiger partial charge in [0, 0.05) is 17.1 Å². The van der Waals surface area contributed by atoms with Crippen molar-refractivity contribution in [3.8, 4) is 5.75 Å². The zero-order chi connectivity index (χ0) is 16.9. The molecule has 5 heteroatoms. The predicted molar refractivity (Wildman–Crippen MR) is 96.7 cm³/mol. The van der Waals surface area contributed by atoms with E-state index in [0.717, 1.165) is 22.0 Å². The van der Waals surface area contributed by atoms with Crippen molar-refractivity contribution in [3.63, 3.8) is 0 Å². The second-order valence-electron chi connectivity index (χ2n) is 5.67. The summed E-state index contributed by atoms with van der Waals surface area (Å²) in [5, 5.41) is 4.52. The number of aromatic amines is 1. The number of fused-ring (bicyclic) bond motifs is 1. The summed E-state index contributed by atoms with van der Waals surface area (Å²) in [6.07, 6.45) is 2.22. The maximum atomic E-state index is 12.1. The minimum atomic E-state index is -0.0290. The molecule has 0 spiro atoms. The normalized spacial score (nSPS) is 10.8. The zero-order valence-electron chi connectivity index (χ0n) is 13.4. The van der Waals surface area contributed by atoms with Crippen molar-refractivity contribution < 1.29 is 9.53 Å². The van der Waals surface area contributed by atoms with E-state index in [4.69, 9.17) is 16.3 Å². The van der Waals surface area contributed by atoms with E-state index in [-0.39, 0.29) is 5.91 Å². The summed E-state index contributed by atoms with van der Waals surface area (Å²) < 4.78 is 5.62. The number of hydrogen-bond donors (Lipinski definition) is 2. The van der Waals surface area contributed by atoms with E-state index in [1.807, 2.05) is 55.6 Å². The maximum absolute atomic E-state index is 12.1. The van der Waals surface area contributed by atoms with E-state index in [1.165, 1.54) is 0 Å². The first-order valence-electron chi connectivity index (χ1n) is 7.84. The Labute approximate surface area is 145 Å². The van der Waals surface area contributed by atoms with Crippen molar-refractivity contribution >= 4 is 28.4 Å². The number of aromatic nitrogens is 1. The second kappa shape index (κ2) is 7.41. The first kappa shape index (κ1) is 16.4. The number of H-pyrrole nitrogens is 1. The number of aryl methyl sites for hydroxylation is 1. The van der Waals surface area contributed by atoms with Crippen molar-refractivity contribution in [2.45, 2.75) is 13.3 Å². The van der Waals surface area contributed by atoms with Crippen LogP contribution in [0.4, 0.5) is 0 Å². The topological polar surface area (TPSA) is 54.1 Å². The highest BCUT2D eigenvalue weighted by molar-refractivity contribution is 6.32. The van der Waals surface area contributed by atoms with Gasteiger partial charge in [-0.25, -0.2) is 0 Å². The molecule has 0 atom stereocenters. The molecule has 0 unspecified atom stereocenters. The molecule has 3 rings (SSSR count). The Hall–Kier alpha value is -2.46. The van der Waals surface area contributed by atoms with Crippen LogP contribution in [0.1, 0.15) is 11.1 Å². The van der Waals surface area contributed by atoms with E-state index < -0.39 is 0 Å². The number of para-hydroxylation sites is 1. The molecule has 2 N–H and O–H groups in total. The number of amides is 1. The van der Waals surface area contributed by atoms with Gasteiger partial charge in [-0.3, -0.25) is 4.79 Å². The summed E-state index contributed by atoms with van der Waals surface area (Å²) in [5.41, 5.74) is 3.11. The number of ether oxygens (including phenoxy) is 1. The highest BCUT2D eigenvalue weighted by Crippen LogP contribution is 2.25. The molecule has 0 fully saturated rings. The van der Waals surface area contributed by atoms with E-state index in [9.17, 15) is 4.79 Å². The van der Waals surface area contributed by atoms with Crippen molar-refractivity contribution in [1.29, 1.82) is 0 Å². The number of carbonyl (C=O) groups excluding carboxylic acids is 1. The van der Waals surface area contributed by atoms with E-state index in [0.29, 0.717) is 30.3 Å². The van der Waals surface area contributed by atoms with Gasteiger partial charge in [0.25, 0.3) is 0 Å². The first-order valence-corrected chi connectivity index (χ1v) is 8.22. The fraction of sp³-hybridized carbons (Fsp3) is 0.211. The molecule has 3 aromatic rings. The summed E-state index contributed by atoms with van der Waals surface area (Å²) in [6.45, 7) is 2.79. The quantitative estimate of drug-likeness (QED) is 0.668. The smallest absolute Gasteiger partial charge is 0.224 e. The third kappa shape index (κ3) is 3.89. The molecule has 0 radical (unpaired) electrons. The van der Waals surface area contributed by atoms with Crippen LogP contribution in [0.3, 0.4) is 0 Å². The Morgan fingerprint density at radius 1 is 1.25 bits per heavy atom. The van der Waals surface area contributed by atoms with Gasteiger partial charge in [-0.1, -0.05) is 35.9 Å². The molecule has 124 valence electrons. The fourth-order valence-corrected chi connectivity index (χ4v) is 2.76. The minimum absolute atomic E-state index is 0.0290. The van der Waals surface area contributed by atoms with Gasteiger partial charge in [-0.2, -0.15) is 0 Å². The number of nitrogens with one attached hydrogen (secondary N) is 2. The highest BCUT2D eigenvalue weighted by atomic mass is 35.5. The van der Waals surface area contributed by atoms with Crippen molar-refractivity contribution in [2.24, 2.45) is 0 Å². The molecule has 0 saturated carbocycles. The molecule has 1 amide bonds. The zero-order valence-corrected chi connectivity index (χ0v) is 14.2. The summed E-state index contributed by atoms with van der Waals surface area (Å²) in [6, 6.07) is 13.6. The molecule has 0 aliphatic rings. The average molecular weight is 343 g/mol. The molecule has 0 aliphatic heterocycles. The van der Waals surface area contributed by atoms with Gasteiger partial charge in [-0.05, 0) is 36.2 Å². The fourth-order valence-electron chi connectivity index (χ4n) is 2.59. The largest absolute Gasteiger partial charge is 0.490 e. The lowest BCUT2D eigenvalue weighted by Gasteiger charge is -2.09. The van der Waals surface area contributed by atoms with Crippen LogP contribution in [-0.4, -0.2) is 24.0 Å². The molecule has 1 heterocycles. The summed E-state index contributed by atoms with van der Waals surface area (Å²) >= 11 is 6.07. The predicted octanol–water partition coefficient (Wildman–Crippen LogP) is 3.87. The van der Waals surface area contributed by atoms with Crippen LogP contribution in [0.2, 0.25) is 5.02 Å². The lowest BCUT2D eigenvalue weighted by Crippen LogP contribution is -2.29. The van der Waals surface area contributed by atoms with Crippen LogP contribution in [0.5, 0.6) is 5.75 Å². The van der Waals surface area contributed by atoms with Crippen molar-refractivity contribution in [2.75, 3.05) is 13.2 Å². The summed E-state index contributed by atoms with van der Waals surface area (Å²) in [7, 11) is 0. The number of carbonyl (C=O) groups is 1. The van der Waals surface area contributed by atoms with Gasteiger partial charge in [0.05, 0.1) is 18.0 Å². The average Bonchev–Trinajstić information content (AvgIpc) is 2.98. The van der Waals surface area contributed by atoms with Crippen molar-refractivity contribution in [1.82, 2.24) is 10.3 Å². The Morgan fingerprint density at radius 3 is 2.96 bits per heavy atom. The molecule has 2 aromatic carbocycles. The SMILES string of the molecule is Cc1ccc(Cl)c(OCCNC(=O)Cc2c[nH]c3ccccc23)c1. The molecule has 24 heavy (non-hydrogen) atoms. The Balaban J connectivity index is 1.48. The second-order valence-corrected chi connectivity index (χ2v) is 6.08. The van der Waals surface area contributed by atoms with Crippen LogP contribution >= 0.6 is 11.6 Å². The summed E-state index contributed by atoms with van der Waals surface area (Å²) in [4.78, 5) is 15.3. The van der Waals surface area contributed by atoms with Gasteiger partial charge in [0.15, 0.2) is 0 Å². The lowest BCUT2D eigenvalue weighted by molar-refractivity contribution is -0.120. The Kier molecular flexibility index (Phi) is 5.06. The first-order chi connectivity index (χ1) is 11.6. The Morgan fingerprint density at radius 2 is 2.08 bits per heavy atom. The van der Waals surface area contributed by atoms with Gasteiger partial charge in [0.1, 0.15) is 12.4 Å². The molecule has 4 nitrogen and oxygen atoms in total. The molecular weight excluding hydrogens is 324 g/mol. The third-order valence-corrected chi connectivity index (χ3v) is 4.11. The van der Waals surface area contributed by atoms with E-state index in [1.54, 1.807) is 0 Å². The monoisotopic (exact) mass is 342 g/mol. The third-order valence-electron chi connectivity index (χ3n) is 3.79. The molecular formula is C19H19ClN2O2. The van der Waals surface area contributed by atoms with Gasteiger partial charge < -0.3 is 15.0 Å². The lowest BCUT2D eigenvalue weighted by atomic mass is 10.1. The number of hydrogen-bond acceptors (Lipinski definition) is 2. The molecule has 1 aromatic heterocycles.